The van der Waals surface area contributed by atoms with Crippen LogP contribution in [0.2, 0.25) is 0 Å². The molecule has 4 heteroatoms. The van der Waals surface area contributed by atoms with Crippen molar-refractivity contribution in [3.8, 4) is 0 Å². The lowest BCUT2D eigenvalue weighted by molar-refractivity contribution is 0.0690. The Morgan fingerprint density at radius 1 is 1.15 bits per heavy atom. The molecule has 102 valence electrons. The van der Waals surface area contributed by atoms with Crippen LogP contribution in [0.15, 0.2) is 36.4 Å². The molecule has 0 aliphatic rings. The second-order valence-corrected chi connectivity index (χ2v) is 4.54. The van der Waals surface area contributed by atoms with Gasteiger partial charge in [0.05, 0.1) is 0 Å². The summed E-state index contributed by atoms with van der Waals surface area (Å²) in [5, 5.41) is 9.03. The van der Waals surface area contributed by atoms with E-state index < -0.39 is 5.97 Å². The van der Waals surface area contributed by atoms with E-state index in [4.69, 9.17) is 5.11 Å². The summed E-state index contributed by atoms with van der Waals surface area (Å²) in [6.45, 7) is 3.33. The molecule has 4 nitrogen and oxygen atoms in total. The van der Waals surface area contributed by atoms with Crippen molar-refractivity contribution in [3.05, 3.63) is 64.5 Å². The molecule has 1 aromatic carbocycles. The van der Waals surface area contributed by atoms with Crippen molar-refractivity contribution in [1.29, 1.82) is 0 Å². The number of rotatable bonds is 4. The van der Waals surface area contributed by atoms with Gasteiger partial charge in [-0.15, -0.1) is 0 Å². The molecule has 0 spiro atoms. The topological polar surface area (TPSA) is 70.2 Å². The number of aryl methyl sites for hydroxylation is 1. The van der Waals surface area contributed by atoms with Crippen molar-refractivity contribution in [2.45, 2.75) is 13.8 Å². The average Bonchev–Trinajstić information content (AvgIpc) is 2.73. The Morgan fingerprint density at radius 3 is 2.35 bits per heavy atom. The minimum atomic E-state index is -1.06. The fraction of sp³-hybridized carbons (Fsp3) is 0.125. The summed E-state index contributed by atoms with van der Waals surface area (Å²) in [6, 6.07) is 9.46. The molecule has 0 aliphatic heterocycles. The van der Waals surface area contributed by atoms with E-state index in [9.17, 15) is 9.59 Å². The number of hydrogen-bond donors (Lipinski definition) is 2. The maximum atomic E-state index is 12.2. The summed E-state index contributed by atoms with van der Waals surface area (Å²) in [6.07, 6.45) is 3.18. The molecule has 0 atom stereocenters. The van der Waals surface area contributed by atoms with Crippen molar-refractivity contribution in [3.63, 3.8) is 0 Å². The number of carbonyl (C=O) groups is 2. The maximum Gasteiger partial charge on any atom is 0.352 e. The van der Waals surface area contributed by atoms with Gasteiger partial charge in [-0.25, -0.2) is 4.79 Å². The second-order valence-electron chi connectivity index (χ2n) is 4.54. The Morgan fingerprint density at radius 2 is 1.80 bits per heavy atom. The monoisotopic (exact) mass is 269 g/mol. The fourth-order valence-corrected chi connectivity index (χ4v) is 2.15. The number of allylic oxidation sites excluding steroid dienone is 1. The molecule has 2 aromatic rings. The number of H-pyrrole nitrogens is 1. The van der Waals surface area contributed by atoms with E-state index in [-0.39, 0.29) is 11.5 Å². The van der Waals surface area contributed by atoms with Crippen LogP contribution in [0, 0.1) is 13.8 Å². The van der Waals surface area contributed by atoms with Gasteiger partial charge in [0, 0.05) is 11.3 Å². The molecule has 0 fully saturated rings. The van der Waals surface area contributed by atoms with Gasteiger partial charge >= 0.3 is 5.97 Å². The van der Waals surface area contributed by atoms with Crippen LogP contribution in [0.3, 0.4) is 0 Å². The zero-order valence-corrected chi connectivity index (χ0v) is 11.3. The number of carboxylic acid groups (broad SMARTS) is 1. The maximum absolute atomic E-state index is 12.2. The predicted octanol–water partition coefficient (Wildman–Crippen LogP) is 3.23. The van der Waals surface area contributed by atoms with Gasteiger partial charge in [-0.3, -0.25) is 4.79 Å². The number of ketones is 1. The Labute approximate surface area is 116 Å². The summed E-state index contributed by atoms with van der Waals surface area (Å²) in [5.41, 5.74) is 2.46. The highest BCUT2D eigenvalue weighted by molar-refractivity contribution is 6.10. The van der Waals surface area contributed by atoms with Crippen LogP contribution in [0.25, 0.3) is 6.08 Å². The van der Waals surface area contributed by atoms with Crippen LogP contribution in [0.1, 0.15) is 37.7 Å². The smallest absolute Gasteiger partial charge is 0.352 e. The van der Waals surface area contributed by atoms with Gasteiger partial charge in [0.2, 0.25) is 0 Å². The van der Waals surface area contributed by atoms with Crippen molar-refractivity contribution >= 4 is 17.8 Å². The standard InChI is InChI=1S/C16H15NO3/c1-10-14(11(2)17-15(10)16(19)20)13(18)9-8-12-6-4-3-5-7-12/h3-9,17H,1-2H3,(H,19,20)/b9-8+. The molecule has 2 rings (SSSR count). The van der Waals surface area contributed by atoms with E-state index in [1.54, 1.807) is 19.9 Å². The Kier molecular flexibility index (Phi) is 3.84. The van der Waals surface area contributed by atoms with Crippen molar-refractivity contribution in [2.24, 2.45) is 0 Å². The molecule has 0 aliphatic carbocycles. The number of aromatic nitrogens is 1. The molecular weight excluding hydrogens is 254 g/mol. The molecule has 20 heavy (non-hydrogen) atoms. The molecule has 0 unspecified atom stereocenters. The lowest BCUT2D eigenvalue weighted by Crippen LogP contribution is -2.01. The van der Waals surface area contributed by atoms with E-state index in [0.717, 1.165) is 5.56 Å². The summed E-state index contributed by atoms with van der Waals surface area (Å²) in [7, 11) is 0. The van der Waals surface area contributed by atoms with E-state index in [0.29, 0.717) is 16.8 Å². The van der Waals surface area contributed by atoms with E-state index in [1.165, 1.54) is 6.08 Å². The first-order valence-corrected chi connectivity index (χ1v) is 6.20. The molecule has 2 N–H and O–H groups in total. The zero-order chi connectivity index (χ0) is 14.7. The third-order valence-corrected chi connectivity index (χ3v) is 3.12. The normalized spacial score (nSPS) is 10.9. The predicted molar refractivity (Wildman–Crippen MR) is 77.0 cm³/mol. The summed E-state index contributed by atoms with van der Waals surface area (Å²) >= 11 is 0. The molecular formula is C16H15NO3. The number of carbonyl (C=O) groups excluding carboxylic acids is 1. The minimum Gasteiger partial charge on any atom is -0.477 e. The lowest BCUT2D eigenvalue weighted by Gasteiger charge is -1.97. The third kappa shape index (κ3) is 2.69. The molecule has 1 heterocycles. The molecule has 0 saturated carbocycles. The van der Waals surface area contributed by atoms with Crippen molar-refractivity contribution < 1.29 is 14.7 Å². The fourth-order valence-electron chi connectivity index (χ4n) is 2.15. The number of carboxylic acids is 1. The van der Waals surface area contributed by atoms with Gasteiger partial charge in [-0.2, -0.15) is 0 Å². The van der Waals surface area contributed by atoms with Crippen molar-refractivity contribution in [2.75, 3.05) is 0 Å². The SMILES string of the molecule is Cc1[nH]c(C(=O)O)c(C)c1C(=O)/C=C/c1ccccc1. The number of benzene rings is 1. The van der Waals surface area contributed by atoms with Gasteiger partial charge in [-0.05, 0) is 31.1 Å². The Hall–Kier alpha value is -2.62. The van der Waals surface area contributed by atoms with Crippen LogP contribution in [-0.4, -0.2) is 21.8 Å². The van der Waals surface area contributed by atoms with Gasteiger partial charge in [0.25, 0.3) is 0 Å². The Balaban J connectivity index is 2.31. The Bertz CT molecular complexity index is 681. The first-order chi connectivity index (χ1) is 9.50. The molecule has 0 radical (unpaired) electrons. The van der Waals surface area contributed by atoms with Crippen LogP contribution >= 0.6 is 0 Å². The van der Waals surface area contributed by atoms with Crippen molar-refractivity contribution in [1.82, 2.24) is 4.98 Å². The first kappa shape index (κ1) is 13.8. The zero-order valence-electron chi connectivity index (χ0n) is 11.3. The van der Waals surface area contributed by atoms with Crippen LogP contribution in [0.4, 0.5) is 0 Å². The molecule has 1 aromatic heterocycles. The number of aromatic carboxylic acids is 1. The number of aromatic amines is 1. The van der Waals surface area contributed by atoms with Crippen LogP contribution < -0.4 is 0 Å². The van der Waals surface area contributed by atoms with Gasteiger partial charge < -0.3 is 10.1 Å². The highest BCUT2D eigenvalue weighted by Crippen LogP contribution is 2.19. The van der Waals surface area contributed by atoms with E-state index in [1.807, 2.05) is 30.3 Å². The summed E-state index contributed by atoms with van der Waals surface area (Å²) in [5.74, 6) is -1.26. The lowest BCUT2D eigenvalue weighted by atomic mass is 10.0. The summed E-state index contributed by atoms with van der Waals surface area (Å²) in [4.78, 5) is 26.0. The van der Waals surface area contributed by atoms with E-state index in [2.05, 4.69) is 4.98 Å². The molecule has 0 amide bonds. The quantitative estimate of drug-likeness (QED) is 0.661. The number of nitrogens with one attached hydrogen (secondary N) is 1. The van der Waals surface area contributed by atoms with Gasteiger partial charge in [0.1, 0.15) is 5.69 Å². The van der Waals surface area contributed by atoms with E-state index >= 15 is 0 Å². The number of hydrogen-bond acceptors (Lipinski definition) is 2. The third-order valence-electron chi connectivity index (χ3n) is 3.12. The van der Waals surface area contributed by atoms with Gasteiger partial charge in [0.15, 0.2) is 5.78 Å². The summed E-state index contributed by atoms with van der Waals surface area (Å²) < 4.78 is 0. The largest absolute Gasteiger partial charge is 0.477 e. The first-order valence-electron chi connectivity index (χ1n) is 6.20. The van der Waals surface area contributed by atoms with Crippen LogP contribution in [0.5, 0.6) is 0 Å². The second kappa shape index (κ2) is 5.57. The molecule has 0 saturated heterocycles. The van der Waals surface area contributed by atoms with Crippen LogP contribution in [-0.2, 0) is 0 Å². The average molecular weight is 269 g/mol. The minimum absolute atomic E-state index is 0.0685. The highest BCUT2D eigenvalue weighted by Gasteiger charge is 2.19. The highest BCUT2D eigenvalue weighted by atomic mass is 16.4. The van der Waals surface area contributed by atoms with Gasteiger partial charge in [-0.1, -0.05) is 36.4 Å². The molecule has 0 bridgehead atoms.